The fraction of sp³-hybridized carbons (Fsp3) is 0.100. The minimum Gasteiger partial charge on any atom is -0.314 e. The molecule has 0 bridgehead atoms. The molecule has 0 aliphatic rings. The average molecular weight is 634 g/mol. The summed E-state index contributed by atoms with van der Waals surface area (Å²) in [5, 5.41) is 8.30. The standard InChI is InChI=1S/C30H22N4.Pt/c1-30(2,29-18-19-34(33-29)24-16-14-21-8-3-4-10-23(21)20-24)28-13-7-12-26(32-28)27-17-15-22-9-5-6-11-25(22)31-27;/h3-15,18-20H,1-2H3;/q-2;+2. The van der Waals surface area contributed by atoms with E-state index in [9.17, 15) is 0 Å². The molecule has 0 fully saturated rings. The number of fused-ring (bicyclic) bond motifs is 2. The molecule has 0 N–H and O–H groups in total. The Morgan fingerprint density at radius 1 is 0.714 bits per heavy atom. The summed E-state index contributed by atoms with van der Waals surface area (Å²) < 4.78 is 1.88. The molecule has 0 atom stereocenters. The second-order valence-electron chi connectivity index (χ2n) is 8.93. The predicted octanol–water partition coefficient (Wildman–Crippen LogP) is 6.56. The summed E-state index contributed by atoms with van der Waals surface area (Å²) in [5.74, 6) is 0. The first-order chi connectivity index (χ1) is 16.6. The molecule has 3 aromatic heterocycles. The second kappa shape index (κ2) is 9.20. The minimum atomic E-state index is -0.394. The van der Waals surface area contributed by atoms with Gasteiger partial charge in [0.1, 0.15) is 0 Å². The Bertz CT molecular complexity index is 1650. The Morgan fingerprint density at radius 2 is 1.46 bits per heavy atom. The number of para-hydroxylation sites is 1. The largest absolute Gasteiger partial charge is 2.00 e. The van der Waals surface area contributed by atoms with Gasteiger partial charge in [-0.25, -0.2) is 0 Å². The molecule has 0 radical (unpaired) electrons. The summed E-state index contributed by atoms with van der Waals surface area (Å²) in [6.07, 6.45) is 1.99. The molecule has 0 aliphatic carbocycles. The summed E-state index contributed by atoms with van der Waals surface area (Å²) >= 11 is 0. The Balaban J connectivity index is 0.00000253. The summed E-state index contributed by atoms with van der Waals surface area (Å²) in [6.45, 7) is 4.29. The zero-order chi connectivity index (χ0) is 23.1. The van der Waals surface area contributed by atoms with Crippen LogP contribution >= 0.6 is 0 Å². The van der Waals surface area contributed by atoms with E-state index in [4.69, 9.17) is 15.1 Å². The quantitative estimate of drug-likeness (QED) is 0.207. The maximum Gasteiger partial charge on any atom is 2.00 e. The second-order valence-corrected chi connectivity index (χ2v) is 8.93. The number of aromatic nitrogens is 4. The van der Waals surface area contributed by atoms with Crippen LogP contribution in [0.5, 0.6) is 0 Å². The molecule has 0 unspecified atom stereocenters. The van der Waals surface area contributed by atoms with Gasteiger partial charge < -0.3 is 4.98 Å². The molecule has 0 amide bonds. The third-order valence-corrected chi connectivity index (χ3v) is 6.31. The third kappa shape index (κ3) is 4.31. The van der Waals surface area contributed by atoms with Crippen LogP contribution in [0.3, 0.4) is 0 Å². The van der Waals surface area contributed by atoms with Crippen molar-refractivity contribution in [3.05, 3.63) is 121 Å². The molecule has 0 spiro atoms. The Morgan fingerprint density at radius 3 is 2.31 bits per heavy atom. The summed E-state index contributed by atoms with van der Waals surface area (Å²) in [4.78, 5) is 9.74. The Hall–Kier alpha value is -3.62. The minimum absolute atomic E-state index is 0. The van der Waals surface area contributed by atoms with Crippen molar-refractivity contribution in [2.24, 2.45) is 0 Å². The van der Waals surface area contributed by atoms with Gasteiger partial charge >= 0.3 is 21.1 Å². The zero-order valence-electron chi connectivity index (χ0n) is 19.3. The molecule has 6 rings (SSSR count). The first kappa shape index (κ1) is 23.1. The van der Waals surface area contributed by atoms with Gasteiger partial charge in [-0.3, -0.25) is 9.67 Å². The SMILES string of the molecule is CC(C)(c1cccc(-c2[c-]cc3ccccc3n2)n1)c1ccn(-c2[c-]cc3ccccc3c2)n1.[Pt+2]. The van der Waals surface area contributed by atoms with E-state index in [0.29, 0.717) is 0 Å². The molecule has 3 heterocycles. The van der Waals surface area contributed by atoms with Crippen molar-refractivity contribution in [2.75, 3.05) is 0 Å². The predicted molar refractivity (Wildman–Crippen MR) is 136 cm³/mol. The van der Waals surface area contributed by atoms with Crippen LogP contribution < -0.4 is 0 Å². The maximum absolute atomic E-state index is 4.97. The summed E-state index contributed by atoms with van der Waals surface area (Å²) in [6, 6.07) is 37.2. The van der Waals surface area contributed by atoms with E-state index in [-0.39, 0.29) is 21.1 Å². The zero-order valence-corrected chi connectivity index (χ0v) is 21.6. The van der Waals surface area contributed by atoms with Crippen LogP contribution in [0.25, 0.3) is 38.8 Å². The van der Waals surface area contributed by atoms with Crippen molar-refractivity contribution in [1.82, 2.24) is 19.7 Å². The normalized spacial score (nSPS) is 11.5. The molecule has 0 aliphatic heterocycles. The third-order valence-electron chi connectivity index (χ3n) is 6.31. The van der Waals surface area contributed by atoms with Crippen molar-refractivity contribution in [1.29, 1.82) is 0 Å². The molecule has 3 aromatic carbocycles. The van der Waals surface area contributed by atoms with E-state index in [1.54, 1.807) is 0 Å². The molecule has 35 heavy (non-hydrogen) atoms. The number of nitrogens with zero attached hydrogens (tertiary/aromatic N) is 4. The fourth-order valence-corrected chi connectivity index (χ4v) is 4.23. The van der Waals surface area contributed by atoms with E-state index in [0.717, 1.165) is 39.4 Å². The Kier molecular flexibility index (Phi) is 6.08. The van der Waals surface area contributed by atoms with Crippen LogP contribution in [0, 0.1) is 12.1 Å². The molecule has 172 valence electrons. The van der Waals surface area contributed by atoms with Crippen molar-refractivity contribution in [3.8, 4) is 17.1 Å². The van der Waals surface area contributed by atoms with Gasteiger partial charge in [-0.15, -0.1) is 29.0 Å². The van der Waals surface area contributed by atoms with Crippen LogP contribution in [-0.2, 0) is 26.5 Å². The van der Waals surface area contributed by atoms with Crippen LogP contribution in [0.15, 0.2) is 97.2 Å². The maximum atomic E-state index is 4.97. The van der Waals surface area contributed by atoms with E-state index in [2.05, 4.69) is 50.2 Å². The van der Waals surface area contributed by atoms with Crippen LogP contribution in [0.1, 0.15) is 25.2 Å². The van der Waals surface area contributed by atoms with Gasteiger partial charge in [0.15, 0.2) is 0 Å². The van der Waals surface area contributed by atoms with Crippen molar-refractivity contribution in [3.63, 3.8) is 0 Å². The Labute approximate surface area is 218 Å². The van der Waals surface area contributed by atoms with Gasteiger partial charge in [-0.2, -0.15) is 29.4 Å². The van der Waals surface area contributed by atoms with Crippen molar-refractivity contribution >= 4 is 21.7 Å². The number of hydrogen-bond acceptors (Lipinski definition) is 3. The van der Waals surface area contributed by atoms with E-state index >= 15 is 0 Å². The van der Waals surface area contributed by atoms with Gasteiger partial charge in [0, 0.05) is 22.8 Å². The van der Waals surface area contributed by atoms with Gasteiger partial charge in [0.05, 0.1) is 5.69 Å². The van der Waals surface area contributed by atoms with Gasteiger partial charge in [-0.05, 0) is 49.1 Å². The fourth-order valence-electron chi connectivity index (χ4n) is 4.23. The first-order valence-electron chi connectivity index (χ1n) is 11.3. The number of benzene rings is 3. The number of pyridine rings is 2. The van der Waals surface area contributed by atoms with Crippen LogP contribution in [0.2, 0.25) is 0 Å². The van der Waals surface area contributed by atoms with Gasteiger partial charge in [-0.1, -0.05) is 47.9 Å². The molecule has 0 saturated heterocycles. The van der Waals surface area contributed by atoms with Crippen molar-refractivity contribution in [2.45, 2.75) is 19.3 Å². The molecule has 6 aromatic rings. The molecule has 4 nitrogen and oxygen atoms in total. The number of rotatable bonds is 4. The van der Waals surface area contributed by atoms with Crippen LogP contribution in [-0.4, -0.2) is 19.7 Å². The summed E-state index contributed by atoms with van der Waals surface area (Å²) in [5.41, 5.74) is 4.88. The molecular formula is C30H22N4Pt. The molecule has 5 heteroatoms. The van der Waals surface area contributed by atoms with Crippen LogP contribution in [0.4, 0.5) is 0 Å². The topological polar surface area (TPSA) is 43.6 Å². The van der Waals surface area contributed by atoms with E-state index in [1.807, 2.05) is 77.6 Å². The summed E-state index contributed by atoms with van der Waals surface area (Å²) in [7, 11) is 0. The number of hydrogen-bond donors (Lipinski definition) is 0. The molecule has 0 saturated carbocycles. The van der Waals surface area contributed by atoms with E-state index < -0.39 is 5.41 Å². The van der Waals surface area contributed by atoms with E-state index in [1.165, 1.54) is 10.8 Å². The first-order valence-corrected chi connectivity index (χ1v) is 11.3. The monoisotopic (exact) mass is 633 g/mol. The van der Waals surface area contributed by atoms with Gasteiger partial charge in [0.2, 0.25) is 0 Å². The smallest absolute Gasteiger partial charge is 0.314 e. The average Bonchev–Trinajstić information content (AvgIpc) is 3.40. The van der Waals surface area contributed by atoms with Gasteiger partial charge in [0.25, 0.3) is 0 Å². The van der Waals surface area contributed by atoms with Crippen molar-refractivity contribution < 1.29 is 21.1 Å². The molecular weight excluding hydrogens is 611 g/mol.